The van der Waals surface area contributed by atoms with Gasteiger partial charge in [-0.3, -0.25) is 14.7 Å². The Bertz CT molecular complexity index is 984. The van der Waals surface area contributed by atoms with E-state index in [1.54, 1.807) is 12.5 Å². The molecule has 1 amide bonds. The van der Waals surface area contributed by atoms with E-state index in [4.69, 9.17) is 0 Å². The molecule has 0 saturated carbocycles. The van der Waals surface area contributed by atoms with E-state index in [2.05, 4.69) is 51.0 Å². The van der Waals surface area contributed by atoms with Gasteiger partial charge in [0.1, 0.15) is 0 Å². The number of H-pyrrole nitrogens is 1. The Labute approximate surface area is 178 Å². The lowest BCUT2D eigenvalue weighted by molar-refractivity contribution is -0.134. The van der Waals surface area contributed by atoms with Gasteiger partial charge >= 0.3 is 0 Å². The summed E-state index contributed by atoms with van der Waals surface area (Å²) < 4.78 is 0. The third kappa shape index (κ3) is 4.44. The number of likely N-dealkylation sites (N-methyl/N-ethyl adjacent to an activating group) is 1. The minimum atomic E-state index is -0.0791. The van der Waals surface area contributed by atoms with Crippen LogP contribution in [0.15, 0.2) is 55.1 Å². The molecule has 4 rings (SSSR count). The van der Waals surface area contributed by atoms with E-state index in [0.29, 0.717) is 0 Å². The maximum Gasteiger partial charge on any atom is 0.227 e. The number of hydrogen-bond acceptors (Lipinski definition) is 4. The van der Waals surface area contributed by atoms with Crippen molar-refractivity contribution < 1.29 is 4.79 Å². The number of carbonyl (C=O) groups excluding carboxylic acids is 1. The molecular weight excluding hydrogens is 374 g/mol. The number of aromatic nitrogens is 3. The van der Waals surface area contributed by atoms with Crippen molar-refractivity contribution >= 4 is 5.91 Å². The van der Waals surface area contributed by atoms with Crippen molar-refractivity contribution in [1.82, 2.24) is 24.8 Å². The molecule has 6 nitrogen and oxygen atoms in total. The van der Waals surface area contributed by atoms with Crippen LogP contribution in [0.4, 0.5) is 0 Å². The number of nitrogens with one attached hydrogen (secondary N) is 1. The Hall–Kier alpha value is -2.99. The predicted octanol–water partition coefficient (Wildman–Crippen LogP) is 3.30. The van der Waals surface area contributed by atoms with E-state index in [0.717, 1.165) is 61.7 Å². The molecule has 0 unspecified atom stereocenters. The molecule has 3 aromatic rings. The monoisotopic (exact) mass is 403 g/mol. The normalized spacial score (nSPS) is 17.9. The van der Waals surface area contributed by atoms with Crippen LogP contribution in [0.1, 0.15) is 23.9 Å². The second kappa shape index (κ2) is 9.22. The lowest BCUT2D eigenvalue weighted by Gasteiger charge is -2.24. The maximum absolute atomic E-state index is 13.3. The van der Waals surface area contributed by atoms with Crippen LogP contribution in [-0.2, 0) is 17.8 Å². The fourth-order valence-corrected chi connectivity index (χ4v) is 4.25. The number of nitrogens with zero attached hydrogens (tertiary/aromatic N) is 4. The molecule has 0 radical (unpaired) electrons. The quantitative estimate of drug-likeness (QED) is 0.686. The third-order valence-corrected chi connectivity index (χ3v) is 5.97. The highest BCUT2D eigenvalue weighted by molar-refractivity contribution is 5.80. The number of benzene rings is 1. The summed E-state index contributed by atoms with van der Waals surface area (Å²) in [6, 6.07) is 12.4. The van der Waals surface area contributed by atoms with E-state index in [9.17, 15) is 4.79 Å². The minimum Gasteiger partial charge on any atom is -0.348 e. The van der Waals surface area contributed by atoms with E-state index in [1.165, 1.54) is 5.56 Å². The van der Waals surface area contributed by atoms with E-state index >= 15 is 0 Å². The smallest absolute Gasteiger partial charge is 0.227 e. The van der Waals surface area contributed by atoms with E-state index in [-0.39, 0.29) is 11.8 Å². The number of amides is 1. The molecule has 0 aliphatic carbocycles. The minimum absolute atomic E-state index is 0.0791. The summed E-state index contributed by atoms with van der Waals surface area (Å²) in [6.45, 7) is 7.99. The average Bonchev–Trinajstić information content (AvgIpc) is 3.11. The number of hydrogen-bond donors (Lipinski definition) is 1. The molecule has 1 fully saturated rings. The van der Waals surface area contributed by atoms with Crippen LogP contribution >= 0.6 is 0 Å². The molecule has 3 heterocycles. The van der Waals surface area contributed by atoms with Gasteiger partial charge in [0.05, 0.1) is 17.9 Å². The number of aryl methyl sites for hydroxylation is 1. The standard InChI is InChI=1S/C24H29N5O/c1-3-29-12-11-28(16-23-18(2)26-17-27-23)15-21(24(29)30)13-19-7-4-5-9-22(19)20-8-6-10-25-14-20/h4-10,14,17,21H,3,11-13,15-16H2,1-2H3,(H,26,27)/t21-/m0/s1. The van der Waals surface area contributed by atoms with Gasteiger partial charge in [0.2, 0.25) is 5.91 Å². The molecule has 0 bridgehead atoms. The lowest BCUT2D eigenvalue weighted by atomic mass is 9.91. The SMILES string of the molecule is CCN1CCN(Cc2nc[nH]c2C)C[C@H](Cc2ccccc2-c2cccnc2)C1=O. The van der Waals surface area contributed by atoms with Gasteiger partial charge in [-0.15, -0.1) is 0 Å². The first-order valence-corrected chi connectivity index (χ1v) is 10.6. The highest BCUT2D eigenvalue weighted by Crippen LogP contribution is 2.27. The second-order valence-corrected chi connectivity index (χ2v) is 7.93. The fourth-order valence-electron chi connectivity index (χ4n) is 4.25. The number of carbonyl (C=O) groups is 1. The fraction of sp³-hybridized carbons (Fsp3) is 0.375. The third-order valence-electron chi connectivity index (χ3n) is 5.97. The molecule has 1 aliphatic rings. The molecule has 30 heavy (non-hydrogen) atoms. The zero-order valence-corrected chi connectivity index (χ0v) is 17.7. The van der Waals surface area contributed by atoms with Crippen molar-refractivity contribution in [2.75, 3.05) is 26.2 Å². The van der Waals surface area contributed by atoms with E-state index < -0.39 is 0 Å². The van der Waals surface area contributed by atoms with Gasteiger partial charge in [0.25, 0.3) is 0 Å². The molecule has 1 aromatic carbocycles. The van der Waals surface area contributed by atoms with Gasteiger partial charge in [0.15, 0.2) is 0 Å². The number of aromatic amines is 1. The summed E-state index contributed by atoms with van der Waals surface area (Å²) in [7, 11) is 0. The first-order chi connectivity index (χ1) is 14.7. The second-order valence-electron chi connectivity index (χ2n) is 7.93. The Morgan fingerprint density at radius 1 is 1.17 bits per heavy atom. The molecular formula is C24H29N5O. The Morgan fingerprint density at radius 3 is 2.77 bits per heavy atom. The van der Waals surface area contributed by atoms with Gasteiger partial charge in [-0.2, -0.15) is 0 Å². The molecule has 1 N–H and O–H groups in total. The summed E-state index contributed by atoms with van der Waals surface area (Å²) in [5, 5.41) is 0. The largest absolute Gasteiger partial charge is 0.348 e. The first-order valence-electron chi connectivity index (χ1n) is 10.6. The van der Waals surface area contributed by atoms with Crippen LogP contribution in [0.2, 0.25) is 0 Å². The highest BCUT2D eigenvalue weighted by atomic mass is 16.2. The van der Waals surface area contributed by atoms with Gasteiger partial charge in [-0.25, -0.2) is 4.98 Å². The summed E-state index contributed by atoms with van der Waals surface area (Å²) in [6.07, 6.45) is 6.14. The van der Waals surface area contributed by atoms with Gasteiger partial charge in [0, 0.05) is 56.4 Å². The van der Waals surface area contributed by atoms with Crippen molar-refractivity contribution in [3.05, 3.63) is 72.1 Å². The molecule has 2 aromatic heterocycles. The highest BCUT2D eigenvalue weighted by Gasteiger charge is 2.30. The zero-order chi connectivity index (χ0) is 20.9. The van der Waals surface area contributed by atoms with Gasteiger partial charge in [-0.05, 0) is 37.5 Å². The van der Waals surface area contributed by atoms with Crippen molar-refractivity contribution in [1.29, 1.82) is 0 Å². The number of imidazole rings is 1. The van der Waals surface area contributed by atoms with Gasteiger partial charge < -0.3 is 9.88 Å². The molecule has 0 spiro atoms. The van der Waals surface area contributed by atoms with Crippen LogP contribution in [0.25, 0.3) is 11.1 Å². The Balaban J connectivity index is 1.59. The summed E-state index contributed by atoms with van der Waals surface area (Å²) in [5.41, 5.74) is 5.59. The number of rotatable bonds is 6. The first kappa shape index (κ1) is 20.3. The number of pyridine rings is 1. The zero-order valence-electron chi connectivity index (χ0n) is 17.7. The lowest BCUT2D eigenvalue weighted by Crippen LogP contribution is -2.37. The topological polar surface area (TPSA) is 65.1 Å². The predicted molar refractivity (Wildman–Crippen MR) is 118 cm³/mol. The van der Waals surface area contributed by atoms with Crippen molar-refractivity contribution in [2.45, 2.75) is 26.8 Å². The average molecular weight is 404 g/mol. The Kier molecular flexibility index (Phi) is 6.23. The Morgan fingerprint density at radius 2 is 2.03 bits per heavy atom. The van der Waals surface area contributed by atoms with Crippen LogP contribution in [0, 0.1) is 12.8 Å². The van der Waals surface area contributed by atoms with Crippen molar-refractivity contribution in [3.8, 4) is 11.1 Å². The summed E-state index contributed by atoms with van der Waals surface area (Å²) in [4.78, 5) is 29.6. The van der Waals surface area contributed by atoms with Crippen LogP contribution in [0.5, 0.6) is 0 Å². The van der Waals surface area contributed by atoms with Gasteiger partial charge in [-0.1, -0.05) is 30.3 Å². The van der Waals surface area contributed by atoms with Crippen LogP contribution in [0.3, 0.4) is 0 Å². The van der Waals surface area contributed by atoms with Crippen LogP contribution < -0.4 is 0 Å². The van der Waals surface area contributed by atoms with Crippen LogP contribution in [-0.4, -0.2) is 56.8 Å². The molecule has 1 atom stereocenters. The molecule has 6 heteroatoms. The summed E-state index contributed by atoms with van der Waals surface area (Å²) >= 11 is 0. The molecule has 156 valence electrons. The molecule has 1 saturated heterocycles. The molecule has 1 aliphatic heterocycles. The van der Waals surface area contributed by atoms with Crippen molar-refractivity contribution in [2.24, 2.45) is 5.92 Å². The summed E-state index contributed by atoms with van der Waals surface area (Å²) in [5.74, 6) is 0.171. The van der Waals surface area contributed by atoms with E-state index in [1.807, 2.05) is 30.2 Å². The maximum atomic E-state index is 13.3. The van der Waals surface area contributed by atoms with Crippen molar-refractivity contribution in [3.63, 3.8) is 0 Å².